The summed E-state index contributed by atoms with van der Waals surface area (Å²) >= 11 is 12.0. The predicted octanol–water partition coefficient (Wildman–Crippen LogP) is 4.39. The van der Waals surface area contributed by atoms with E-state index in [4.69, 9.17) is 27.9 Å². The highest BCUT2D eigenvalue weighted by atomic mass is 35.5. The van der Waals surface area contributed by atoms with Crippen molar-refractivity contribution >= 4 is 29.1 Å². The Morgan fingerprint density at radius 2 is 1.88 bits per heavy atom. The van der Waals surface area contributed by atoms with Crippen molar-refractivity contribution in [3.8, 4) is 5.75 Å². The van der Waals surface area contributed by atoms with Gasteiger partial charge in [-0.3, -0.25) is 4.79 Å². The molecule has 1 aliphatic rings. The minimum Gasteiger partial charge on any atom is -0.479 e. The van der Waals surface area contributed by atoms with E-state index in [1.54, 1.807) is 25.1 Å². The van der Waals surface area contributed by atoms with Gasteiger partial charge in [-0.05, 0) is 37.5 Å². The molecule has 0 unspecified atom stereocenters. The Labute approximate surface area is 163 Å². The molecule has 2 atom stereocenters. The summed E-state index contributed by atoms with van der Waals surface area (Å²) in [5, 5.41) is 14.2. The lowest BCUT2D eigenvalue weighted by Gasteiger charge is -2.24. The molecule has 0 aliphatic heterocycles. The maximum absolute atomic E-state index is 12.4. The normalized spacial score (nSPS) is 17.2. The number of nitrogens with one attached hydrogen (secondary N) is 1. The fraction of sp³-hybridized carbons (Fsp3) is 0.350. The van der Waals surface area contributed by atoms with Crippen LogP contribution in [0, 0.1) is 5.41 Å². The maximum Gasteiger partial charge on any atom is 0.260 e. The maximum atomic E-state index is 12.4. The highest BCUT2D eigenvalue weighted by Crippen LogP contribution is 2.54. The average Bonchev–Trinajstić information content (AvgIpc) is 3.44. The molecule has 1 amide bonds. The summed E-state index contributed by atoms with van der Waals surface area (Å²) < 4.78 is 5.63. The van der Waals surface area contributed by atoms with Crippen LogP contribution >= 0.6 is 23.2 Å². The Kier molecular flexibility index (Phi) is 5.76. The predicted molar refractivity (Wildman–Crippen MR) is 103 cm³/mol. The third kappa shape index (κ3) is 4.14. The van der Waals surface area contributed by atoms with E-state index in [0.29, 0.717) is 17.3 Å². The van der Waals surface area contributed by atoms with E-state index in [1.165, 1.54) is 0 Å². The van der Waals surface area contributed by atoms with Gasteiger partial charge in [-0.25, -0.2) is 0 Å². The van der Waals surface area contributed by atoms with Crippen LogP contribution in [0.4, 0.5) is 0 Å². The van der Waals surface area contributed by atoms with Gasteiger partial charge in [-0.2, -0.15) is 0 Å². The zero-order valence-electron chi connectivity index (χ0n) is 14.4. The molecule has 1 fully saturated rings. The number of aliphatic hydroxyl groups is 1. The highest BCUT2D eigenvalue weighted by Gasteiger charge is 2.49. The first kappa shape index (κ1) is 19.0. The molecule has 1 saturated carbocycles. The summed E-state index contributed by atoms with van der Waals surface area (Å²) in [6.07, 6.45) is 0.426. The van der Waals surface area contributed by atoms with Crippen molar-refractivity contribution < 1.29 is 14.6 Å². The first-order valence-corrected chi connectivity index (χ1v) is 9.30. The van der Waals surface area contributed by atoms with Crippen LogP contribution in [-0.4, -0.2) is 23.7 Å². The van der Waals surface area contributed by atoms with Crippen molar-refractivity contribution in [3.05, 3.63) is 64.1 Å². The van der Waals surface area contributed by atoms with Gasteiger partial charge >= 0.3 is 0 Å². The molecular weight excluding hydrogens is 373 g/mol. The zero-order chi connectivity index (χ0) is 18.7. The lowest BCUT2D eigenvalue weighted by Crippen LogP contribution is -2.40. The molecule has 0 spiro atoms. The molecule has 0 saturated heterocycles. The van der Waals surface area contributed by atoms with E-state index in [0.717, 1.165) is 18.4 Å². The van der Waals surface area contributed by atoms with Crippen LogP contribution < -0.4 is 10.1 Å². The van der Waals surface area contributed by atoms with Gasteiger partial charge in [0.25, 0.3) is 5.91 Å². The van der Waals surface area contributed by atoms with Gasteiger partial charge in [0, 0.05) is 12.0 Å². The van der Waals surface area contributed by atoms with Crippen molar-refractivity contribution in [2.75, 3.05) is 6.54 Å². The van der Waals surface area contributed by atoms with Crippen molar-refractivity contribution in [2.24, 2.45) is 5.41 Å². The monoisotopic (exact) mass is 393 g/mol. The van der Waals surface area contributed by atoms with Crippen molar-refractivity contribution in [2.45, 2.75) is 32.0 Å². The number of hydrogen-bond acceptors (Lipinski definition) is 3. The van der Waals surface area contributed by atoms with Gasteiger partial charge in [0.2, 0.25) is 0 Å². The van der Waals surface area contributed by atoms with Gasteiger partial charge in [0.1, 0.15) is 10.8 Å². The molecule has 4 nitrogen and oxygen atoms in total. The van der Waals surface area contributed by atoms with E-state index in [9.17, 15) is 9.90 Å². The number of ether oxygens (including phenoxy) is 1. The van der Waals surface area contributed by atoms with E-state index in [-0.39, 0.29) is 16.3 Å². The smallest absolute Gasteiger partial charge is 0.260 e. The van der Waals surface area contributed by atoms with E-state index < -0.39 is 12.2 Å². The van der Waals surface area contributed by atoms with Crippen LogP contribution in [0.1, 0.15) is 31.4 Å². The molecule has 2 N–H and O–H groups in total. The Hall–Kier alpha value is -1.75. The minimum atomic E-state index is -0.726. The largest absolute Gasteiger partial charge is 0.479 e. The van der Waals surface area contributed by atoms with Gasteiger partial charge in [-0.1, -0.05) is 59.6 Å². The van der Waals surface area contributed by atoms with Crippen LogP contribution in [0.5, 0.6) is 5.75 Å². The molecule has 26 heavy (non-hydrogen) atoms. The van der Waals surface area contributed by atoms with Gasteiger partial charge in [0.05, 0.1) is 11.1 Å². The van der Waals surface area contributed by atoms with Crippen molar-refractivity contribution in [1.82, 2.24) is 5.32 Å². The SMILES string of the molecule is C[C@@H](Oc1cccc(Cl)c1Cl)C(=O)NCC1([C@H](O)c2ccccc2)CC1. The molecule has 2 aromatic rings. The molecule has 6 heteroatoms. The number of aliphatic hydroxyl groups excluding tert-OH is 1. The van der Waals surface area contributed by atoms with Gasteiger partial charge in [-0.15, -0.1) is 0 Å². The van der Waals surface area contributed by atoms with E-state index >= 15 is 0 Å². The number of rotatable bonds is 7. The van der Waals surface area contributed by atoms with Crippen LogP contribution in [0.25, 0.3) is 0 Å². The number of amides is 1. The number of carbonyl (C=O) groups excluding carboxylic acids is 1. The Bertz CT molecular complexity index is 778. The quantitative estimate of drug-likeness (QED) is 0.732. The van der Waals surface area contributed by atoms with Crippen LogP contribution in [-0.2, 0) is 4.79 Å². The highest BCUT2D eigenvalue weighted by molar-refractivity contribution is 6.42. The third-order valence-corrected chi connectivity index (χ3v) is 5.59. The summed E-state index contributed by atoms with van der Waals surface area (Å²) in [6, 6.07) is 14.6. The summed E-state index contributed by atoms with van der Waals surface area (Å²) in [5.74, 6) is 0.111. The Morgan fingerprint density at radius 3 is 2.54 bits per heavy atom. The zero-order valence-corrected chi connectivity index (χ0v) is 15.9. The number of carbonyl (C=O) groups is 1. The van der Waals surface area contributed by atoms with Crippen molar-refractivity contribution in [3.63, 3.8) is 0 Å². The van der Waals surface area contributed by atoms with Crippen molar-refractivity contribution in [1.29, 1.82) is 0 Å². The molecule has 2 aromatic carbocycles. The lowest BCUT2D eigenvalue weighted by molar-refractivity contribution is -0.127. The summed E-state index contributed by atoms with van der Waals surface area (Å²) in [7, 11) is 0. The standard InChI is InChI=1S/C20H21Cl2NO3/c1-13(26-16-9-5-8-15(21)17(16)22)19(25)23-12-20(10-11-20)18(24)14-6-3-2-4-7-14/h2-9,13,18,24H,10-12H2,1H3,(H,23,25)/t13-,18-/m1/s1. The van der Waals surface area contributed by atoms with Crippen LogP contribution in [0.2, 0.25) is 10.0 Å². The minimum absolute atomic E-state index is 0.257. The van der Waals surface area contributed by atoms with Gasteiger partial charge < -0.3 is 15.2 Å². The number of benzene rings is 2. The summed E-state index contributed by atoms with van der Waals surface area (Å²) in [6.45, 7) is 2.05. The van der Waals surface area contributed by atoms with E-state index in [1.807, 2.05) is 30.3 Å². The van der Waals surface area contributed by atoms with Crippen LogP contribution in [0.15, 0.2) is 48.5 Å². The first-order valence-electron chi connectivity index (χ1n) is 8.54. The molecule has 0 radical (unpaired) electrons. The number of halogens is 2. The second kappa shape index (κ2) is 7.87. The fourth-order valence-corrected chi connectivity index (χ4v) is 3.26. The molecule has 1 aliphatic carbocycles. The third-order valence-electron chi connectivity index (χ3n) is 4.79. The first-order chi connectivity index (χ1) is 12.4. The summed E-state index contributed by atoms with van der Waals surface area (Å²) in [5.41, 5.74) is 0.569. The lowest BCUT2D eigenvalue weighted by atomic mass is 9.92. The molecule has 0 aromatic heterocycles. The Morgan fingerprint density at radius 1 is 1.19 bits per heavy atom. The summed E-state index contributed by atoms with van der Waals surface area (Å²) in [4.78, 5) is 12.4. The average molecular weight is 394 g/mol. The van der Waals surface area contributed by atoms with E-state index in [2.05, 4.69) is 5.32 Å². The van der Waals surface area contributed by atoms with Crippen LogP contribution in [0.3, 0.4) is 0 Å². The van der Waals surface area contributed by atoms with Gasteiger partial charge in [0.15, 0.2) is 6.10 Å². The topological polar surface area (TPSA) is 58.6 Å². The molecule has 3 rings (SSSR count). The Balaban J connectivity index is 1.57. The molecule has 0 bridgehead atoms. The second-order valence-electron chi connectivity index (χ2n) is 6.71. The molecule has 138 valence electrons. The second-order valence-corrected chi connectivity index (χ2v) is 7.49. The fourth-order valence-electron chi connectivity index (χ4n) is 2.92. The number of hydrogen-bond donors (Lipinski definition) is 2. The molecular formula is C20H21Cl2NO3. The molecule has 0 heterocycles.